The zero-order valence-corrected chi connectivity index (χ0v) is 11.8. The molecule has 1 atom stereocenters. The summed E-state index contributed by atoms with van der Waals surface area (Å²) in [6.07, 6.45) is 0.945. The van der Waals surface area contributed by atoms with Crippen molar-refractivity contribution in [1.82, 2.24) is 9.78 Å². The van der Waals surface area contributed by atoms with Gasteiger partial charge in [0, 0.05) is 0 Å². The monoisotopic (exact) mass is 280 g/mol. The first-order valence-electron chi connectivity index (χ1n) is 6.11. The number of nitrogens with zero attached hydrogens (tertiary/aromatic N) is 2. The van der Waals surface area contributed by atoms with Crippen LogP contribution in [0.3, 0.4) is 0 Å². The van der Waals surface area contributed by atoms with Crippen LogP contribution in [-0.4, -0.2) is 27.6 Å². The Morgan fingerprint density at radius 3 is 2.58 bits per heavy atom. The number of halogens is 1. The highest BCUT2D eigenvalue weighted by molar-refractivity contribution is 6.31. The fourth-order valence-electron chi connectivity index (χ4n) is 1.69. The zero-order valence-electron chi connectivity index (χ0n) is 11.0. The van der Waals surface area contributed by atoms with Crippen LogP contribution in [-0.2, 0) is 6.54 Å². The predicted octanol–water partition coefficient (Wildman–Crippen LogP) is 2.59. The van der Waals surface area contributed by atoms with Crippen molar-refractivity contribution >= 4 is 11.6 Å². The summed E-state index contributed by atoms with van der Waals surface area (Å²) in [7, 11) is 0. The normalized spacial score (nSPS) is 12.4. The average Bonchev–Trinajstić information content (AvgIpc) is 2.70. The molecule has 19 heavy (non-hydrogen) atoms. The molecule has 0 aliphatic heterocycles. The third kappa shape index (κ3) is 3.72. The second-order valence-electron chi connectivity index (χ2n) is 4.54. The molecule has 0 aliphatic rings. The number of rotatable bonds is 5. The van der Waals surface area contributed by atoms with Crippen LogP contribution in [0.5, 0.6) is 5.75 Å². The molecule has 1 aromatic heterocycles. The topological polar surface area (TPSA) is 47.3 Å². The Balaban J connectivity index is 1.86. The Hall–Kier alpha value is -1.52. The van der Waals surface area contributed by atoms with Crippen LogP contribution >= 0.6 is 11.6 Å². The SMILES string of the molecule is Cc1ccc(OCC(O)Cn2ncc(Cl)c2C)cc1. The first-order valence-corrected chi connectivity index (χ1v) is 6.49. The number of hydrogen-bond donors (Lipinski definition) is 1. The van der Waals surface area contributed by atoms with Crippen molar-refractivity contribution in [3.8, 4) is 5.75 Å². The van der Waals surface area contributed by atoms with Crippen LogP contribution in [0.1, 0.15) is 11.3 Å². The molecule has 0 aliphatic carbocycles. The van der Waals surface area contributed by atoms with Gasteiger partial charge in [0.2, 0.25) is 0 Å². The summed E-state index contributed by atoms with van der Waals surface area (Å²) in [4.78, 5) is 0. The molecule has 1 unspecified atom stereocenters. The number of ether oxygens (including phenoxy) is 1. The van der Waals surface area contributed by atoms with Gasteiger partial charge in [0.15, 0.2) is 0 Å². The van der Waals surface area contributed by atoms with E-state index < -0.39 is 6.10 Å². The maximum absolute atomic E-state index is 9.92. The fraction of sp³-hybridized carbons (Fsp3) is 0.357. The summed E-state index contributed by atoms with van der Waals surface area (Å²) in [6, 6.07) is 7.72. The van der Waals surface area contributed by atoms with E-state index in [1.54, 1.807) is 10.9 Å². The van der Waals surface area contributed by atoms with Crippen LogP contribution in [0.4, 0.5) is 0 Å². The first-order chi connectivity index (χ1) is 9.06. The molecule has 0 spiro atoms. The highest BCUT2D eigenvalue weighted by Crippen LogP contribution is 2.14. The van der Waals surface area contributed by atoms with Crippen molar-refractivity contribution in [2.75, 3.05) is 6.61 Å². The zero-order chi connectivity index (χ0) is 13.8. The molecule has 2 rings (SSSR count). The van der Waals surface area contributed by atoms with E-state index in [0.717, 1.165) is 11.4 Å². The van der Waals surface area contributed by atoms with E-state index in [4.69, 9.17) is 16.3 Å². The number of hydrogen-bond acceptors (Lipinski definition) is 3. The molecule has 0 saturated heterocycles. The van der Waals surface area contributed by atoms with E-state index in [9.17, 15) is 5.11 Å². The van der Waals surface area contributed by atoms with Crippen LogP contribution < -0.4 is 4.74 Å². The second-order valence-corrected chi connectivity index (χ2v) is 4.95. The summed E-state index contributed by atoms with van der Waals surface area (Å²) >= 11 is 5.90. The van der Waals surface area contributed by atoms with Gasteiger partial charge in [-0.2, -0.15) is 5.10 Å². The molecule has 0 radical (unpaired) electrons. The molecule has 1 N–H and O–H groups in total. The average molecular weight is 281 g/mol. The summed E-state index contributed by atoms with van der Waals surface area (Å²) in [6.45, 7) is 4.47. The summed E-state index contributed by atoms with van der Waals surface area (Å²) in [5, 5.41) is 14.6. The van der Waals surface area contributed by atoms with Gasteiger partial charge in [-0.1, -0.05) is 29.3 Å². The highest BCUT2D eigenvalue weighted by atomic mass is 35.5. The Bertz CT molecular complexity index is 537. The quantitative estimate of drug-likeness (QED) is 0.916. The number of benzene rings is 1. The molecule has 0 bridgehead atoms. The molecule has 2 aromatic rings. The third-order valence-electron chi connectivity index (χ3n) is 2.89. The van der Waals surface area contributed by atoms with Crippen molar-refractivity contribution < 1.29 is 9.84 Å². The van der Waals surface area contributed by atoms with Gasteiger partial charge >= 0.3 is 0 Å². The van der Waals surface area contributed by atoms with Gasteiger partial charge in [-0.25, -0.2) is 0 Å². The molecule has 102 valence electrons. The van der Waals surface area contributed by atoms with E-state index in [1.807, 2.05) is 38.1 Å². The lowest BCUT2D eigenvalue weighted by Crippen LogP contribution is -2.24. The van der Waals surface area contributed by atoms with Crippen molar-refractivity contribution in [2.24, 2.45) is 0 Å². The lowest BCUT2D eigenvalue weighted by molar-refractivity contribution is 0.0888. The molecule has 4 nitrogen and oxygen atoms in total. The molecule has 1 aromatic carbocycles. The fourth-order valence-corrected chi connectivity index (χ4v) is 1.83. The molecule has 0 fully saturated rings. The van der Waals surface area contributed by atoms with Crippen molar-refractivity contribution in [1.29, 1.82) is 0 Å². The highest BCUT2D eigenvalue weighted by Gasteiger charge is 2.10. The Morgan fingerprint density at radius 1 is 1.32 bits per heavy atom. The third-order valence-corrected chi connectivity index (χ3v) is 3.26. The molecule has 0 amide bonds. The number of aliphatic hydroxyl groups is 1. The Morgan fingerprint density at radius 2 is 2.00 bits per heavy atom. The van der Waals surface area contributed by atoms with E-state index >= 15 is 0 Å². The molecular weight excluding hydrogens is 264 g/mol. The minimum Gasteiger partial charge on any atom is -0.491 e. The molecule has 5 heteroatoms. The number of aryl methyl sites for hydroxylation is 1. The summed E-state index contributed by atoms with van der Waals surface area (Å²) < 4.78 is 7.19. The van der Waals surface area contributed by atoms with Crippen LogP contribution in [0.25, 0.3) is 0 Å². The van der Waals surface area contributed by atoms with Gasteiger partial charge < -0.3 is 9.84 Å². The second kappa shape index (κ2) is 6.08. The van der Waals surface area contributed by atoms with E-state index in [1.165, 1.54) is 5.56 Å². The maximum atomic E-state index is 9.92. The predicted molar refractivity (Wildman–Crippen MR) is 74.7 cm³/mol. The number of aromatic nitrogens is 2. The van der Waals surface area contributed by atoms with Gasteiger partial charge in [-0.15, -0.1) is 0 Å². The van der Waals surface area contributed by atoms with Crippen molar-refractivity contribution in [3.63, 3.8) is 0 Å². The lowest BCUT2D eigenvalue weighted by Gasteiger charge is -2.13. The van der Waals surface area contributed by atoms with E-state index in [0.29, 0.717) is 11.6 Å². The smallest absolute Gasteiger partial charge is 0.119 e. The standard InChI is InChI=1S/C14H17ClN2O2/c1-10-3-5-13(6-4-10)19-9-12(18)8-17-11(2)14(15)7-16-17/h3-7,12,18H,8-9H2,1-2H3. The Kier molecular flexibility index (Phi) is 4.45. The lowest BCUT2D eigenvalue weighted by atomic mass is 10.2. The maximum Gasteiger partial charge on any atom is 0.119 e. The number of aliphatic hydroxyl groups excluding tert-OH is 1. The van der Waals surface area contributed by atoms with Crippen LogP contribution in [0, 0.1) is 13.8 Å². The van der Waals surface area contributed by atoms with Crippen molar-refractivity contribution in [2.45, 2.75) is 26.5 Å². The molecular formula is C14H17ClN2O2. The molecule has 1 heterocycles. The first kappa shape index (κ1) is 13.9. The molecule has 0 saturated carbocycles. The van der Waals surface area contributed by atoms with Gasteiger partial charge in [-0.05, 0) is 26.0 Å². The minimum atomic E-state index is -0.629. The van der Waals surface area contributed by atoms with Crippen LogP contribution in [0.15, 0.2) is 30.5 Å². The van der Waals surface area contributed by atoms with Crippen molar-refractivity contribution in [3.05, 3.63) is 46.7 Å². The van der Waals surface area contributed by atoms with E-state index in [2.05, 4.69) is 5.10 Å². The minimum absolute atomic E-state index is 0.222. The van der Waals surface area contributed by atoms with Crippen LogP contribution in [0.2, 0.25) is 5.02 Å². The summed E-state index contributed by atoms with van der Waals surface area (Å²) in [5.41, 5.74) is 2.02. The van der Waals surface area contributed by atoms with Gasteiger partial charge in [-0.3, -0.25) is 4.68 Å². The van der Waals surface area contributed by atoms with Gasteiger partial charge in [0.25, 0.3) is 0 Å². The van der Waals surface area contributed by atoms with Gasteiger partial charge in [0.05, 0.1) is 23.5 Å². The Labute approximate surface area is 117 Å². The summed E-state index contributed by atoms with van der Waals surface area (Å²) in [5.74, 6) is 0.750. The van der Waals surface area contributed by atoms with E-state index in [-0.39, 0.29) is 6.61 Å². The largest absolute Gasteiger partial charge is 0.491 e. The van der Waals surface area contributed by atoms with Gasteiger partial charge in [0.1, 0.15) is 18.5 Å².